The fraction of sp³-hybridized carbons (Fsp3) is 0.0667. The van der Waals surface area contributed by atoms with Crippen LogP contribution in [-0.2, 0) is 0 Å². The molecule has 3 rings (SSSR count). The summed E-state index contributed by atoms with van der Waals surface area (Å²) in [6.07, 6.45) is 5.78. The summed E-state index contributed by atoms with van der Waals surface area (Å²) in [6, 6.07) is 9.53. The third-order valence-electron chi connectivity index (χ3n) is 3.09. The smallest absolute Gasteiger partial charge is 0.108 e. The van der Waals surface area contributed by atoms with E-state index in [1.165, 1.54) is 6.20 Å². The predicted octanol–water partition coefficient (Wildman–Crippen LogP) is 3.36. The molecule has 1 unspecified atom stereocenters. The van der Waals surface area contributed by atoms with Gasteiger partial charge in [0.1, 0.15) is 6.10 Å². The molecule has 94 valence electrons. The Morgan fingerprint density at radius 2 is 1.79 bits per heavy atom. The third kappa shape index (κ3) is 2.18. The highest BCUT2D eigenvalue weighted by Crippen LogP contribution is 2.31. The second-order valence-electron chi connectivity index (χ2n) is 4.25. The first kappa shape index (κ1) is 12.1. The summed E-state index contributed by atoms with van der Waals surface area (Å²) in [4.78, 5) is 8.09. The van der Waals surface area contributed by atoms with Crippen molar-refractivity contribution in [3.63, 3.8) is 0 Å². The zero-order valence-corrected chi connectivity index (χ0v) is 10.7. The Bertz CT molecular complexity index is 725. The van der Waals surface area contributed by atoms with Crippen LogP contribution >= 0.6 is 11.6 Å². The lowest BCUT2D eigenvalue weighted by Gasteiger charge is -2.14. The molecule has 1 N–H and O–H groups in total. The van der Waals surface area contributed by atoms with Crippen molar-refractivity contribution >= 4 is 22.4 Å². The van der Waals surface area contributed by atoms with Crippen molar-refractivity contribution in [1.82, 2.24) is 9.97 Å². The number of pyridine rings is 2. The first-order chi connectivity index (χ1) is 9.27. The summed E-state index contributed by atoms with van der Waals surface area (Å²) in [5.41, 5.74) is 1.38. The highest BCUT2D eigenvalue weighted by molar-refractivity contribution is 6.31. The molecule has 0 amide bonds. The van der Waals surface area contributed by atoms with Crippen molar-refractivity contribution in [2.45, 2.75) is 6.10 Å². The SMILES string of the molecule is OC(c1ccncc1Cl)c1cncc2ccccc12. The first-order valence-electron chi connectivity index (χ1n) is 5.87. The minimum Gasteiger partial charge on any atom is -0.384 e. The van der Waals surface area contributed by atoms with E-state index in [0.29, 0.717) is 10.6 Å². The van der Waals surface area contributed by atoms with Gasteiger partial charge in [-0.1, -0.05) is 35.9 Å². The van der Waals surface area contributed by atoms with E-state index in [-0.39, 0.29) is 0 Å². The minimum atomic E-state index is -0.811. The lowest BCUT2D eigenvalue weighted by atomic mass is 9.99. The molecule has 0 aliphatic rings. The molecule has 2 aromatic heterocycles. The van der Waals surface area contributed by atoms with Crippen molar-refractivity contribution < 1.29 is 5.11 Å². The van der Waals surface area contributed by atoms with Gasteiger partial charge in [0.15, 0.2) is 0 Å². The average molecular weight is 271 g/mol. The van der Waals surface area contributed by atoms with Crippen molar-refractivity contribution in [2.75, 3.05) is 0 Å². The molecule has 3 nitrogen and oxygen atoms in total. The maximum absolute atomic E-state index is 10.5. The van der Waals surface area contributed by atoms with Gasteiger partial charge in [-0.25, -0.2) is 0 Å². The van der Waals surface area contributed by atoms with Crippen molar-refractivity contribution in [2.24, 2.45) is 0 Å². The van der Waals surface area contributed by atoms with E-state index in [1.807, 2.05) is 24.3 Å². The van der Waals surface area contributed by atoms with E-state index in [4.69, 9.17) is 11.6 Å². The Labute approximate surface area is 115 Å². The molecule has 19 heavy (non-hydrogen) atoms. The minimum absolute atomic E-state index is 0.447. The third-order valence-corrected chi connectivity index (χ3v) is 3.41. The van der Waals surface area contributed by atoms with Gasteiger partial charge in [0.05, 0.1) is 5.02 Å². The van der Waals surface area contributed by atoms with Crippen LogP contribution in [0, 0.1) is 0 Å². The molecule has 1 aromatic carbocycles. The van der Waals surface area contributed by atoms with Crippen LogP contribution in [0.3, 0.4) is 0 Å². The number of rotatable bonds is 2. The van der Waals surface area contributed by atoms with Crippen LogP contribution in [0.2, 0.25) is 5.02 Å². The number of fused-ring (bicyclic) bond motifs is 1. The van der Waals surface area contributed by atoms with Crippen molar-refractivity contribution in [1.29, 1.82) is 0 Å². The monoisotopic (exact) mass is 270 g/mol. The van der Waals surface area contributed by atoms with E-state index < -0.39 is 6.10 Å². The summed E-state index contributed by atoms with van der Waals surface area (Å²) in [6.45, 7) is 0. The Morgan fingerprint density at radius 3 is 2.63 bits per heavy atom. The molecule has 2 heterocycles. The zero-order valence-electron chi connectivity index (χ0n) is 9.99. The van der Waals surface area contributed by atoms with Gasteiger partial charge in [0, 0.05) is 41.3 Å². The number of benzene rings is 1. The largest absolute Gasteiger partial charge is 0.384 e. The van der Waals surface area contributed by atoms with E-state index in [1.54, 1.807) is 24.7 Å². The topological polar surface area (TPSA) is 46.0 Å². The predicted molar refractivity (Wildman–Crippen MR) is 75.1 cm³/mol. The molecule has 4 heteroatoms. The van der Waals surface area contributed by atoms with Gasteiger partial charge in [-0.2, -0.15) is 0 Å². The van der Waals surface area contributed by atoms with Crippen LogP contribution in [0.4, 0.5) is 0 Å². The number of halogens is 1. The Kier molecular flexibility index (Phi) is 3.15. The lowest BCUT2D eigenvalue weighted by molar-refractivity contribution is 0.221. The van der Waals surface area contributed by atoms with Crippen LogP contribution in [0.25, 0.3) is 10.8 Å². The van der Waals surface area contributed by atoms with E-state index in [0.717, 1.165) is 16.3 Å². The summed E-state index contributed by atoms with van der Waals surface area (Å²) < 4.78 is 0. The Hall–Kier alpha value is -1.97. The van der Waals surface area contributed by atoms with Crippen LogP contribution < -0.4 is 0 Å². The number of nitrogens with zero attached hydrogens (tertiary/aromatic N) is 2. The second kappa shape index (κ2) is 4.96. The number of hydrogen-bond donors (Lipinski definition) is 1. The van der Waals surface area contributed by atoms with Gasteiger partial charge in [0.25, 0.3) is 0 Å². The van der Waals surface area contributed by atoms with Crippen LogP contribution in [0.5, 0.6) is 0 Å². The molecule has 0 aliphatic carbocycles. The molecule has 3 aromatic rings. The van der Waals surface area contributed by atoms with E-state index in [9.17, 15) is 5.11 Å². The Balaban J connectivity index is 2.17. The standard InChI is InChI=1S/C15H11ClN2O/c16-14-9-17-6-5-12(14)15(19)13-8-18-7-10-3-1-2-4-11(10)13/h1-9,15,19H. The number of aromatic nitrogens is 2. The maximum Gasteiger partial charge on any atom is 0.108 e. The maximum atomic E-state index is 10.5. The summed E-state index contributed by atoms with van der Waals surface area (Å²) >= 11 is 6.08. The van der Waals surface area contributed by atoms with Crippen LogP contribution in [0.15, 0.2) is 55.1 Å². The number of aliphatic hydroxyl groups is 1. The molecule has 0 fully saturated rings. The highest BCUT2D eigenvalue weighted by atomic mass is 35.5. The van der Waals surface area contributed by atoms with Crippen molar-refractivity contribution in [3.8, 4) is 0 Å². The normalized spacial score (nSPS) is 12.5. The Morgan fingerprint density at radius 1 is 0.947 bits per heavy atom. The number of aliphatic hydroxyl groups excluding tert-OH is 1. The second-order valence-corrected chi connectivity index (χ2v) is 4.66. The van der Waals surface area contributed by atoms with Gasteiger partial charge in [-0.3, -0.25) is 9.97 Å². The van der Waals surface area contributed by atoms with Gasteiger partial charge in [-0.05, 0) is 11.5 Å². The van der Waals surface area contributed by atoms with E-state index >= 15 is 0 Å². The molecule has 0 spiro atoms. The van der Waals surface area contributed by atoms with Crippen LogP contribution in [0.1, 0.15) is 17.2 Å². The molecule has 1 atom stereocenters. The van der Waals surface area contributed by atoms with Crippen molar-refractivity contribution in [3.05, 3.63) is 71.3 Å². The summed E-state index contributed by atoms with van der Waals surface area (Å²) in [7, 11) is 0. The van der Waals surface area contributed by atoms with Gasteiger partial charge >= 0.3 is 0 Å². The fourth-order valence-electron chi connectivity index (χ4n) is 2.13. The van der Waals surface area contributed by atoms with E-state index in [2.05, 4.69) is 9.97 Å². The molecule has 0 radical (unpaired) electrons. The quantitative estimate of drug-likeness (QED) is 0.777. The lowest BCUT2D eigenvalue weighted by Crippen LogP contribution is -2.02. The molecule has 0 saturated heterocycles. The zero-order chi connectivity index (χ0) is 13.2. The number of hydrogen-bond acceptors (Lipinski definition) is 3. The summed E-state index contributed by atoms with van der Waals surface area (Å²) in [5, 5.41) is 12.9. The summed E-state index contributed by atoms with van der Waals surface area (Å²) in [5.74, 6) is 0. The van der Waals surface area contributed by atoms with Gasteiger partial charge < -0.3 is 5.11 Å². The molecule has 0 aliphatic heterocycles. The highest BCUT2D eigenvalue weighted by Gasteiger charge is 2.16. The van der Waals surface area contributed by atoms with Crippen LogP contribution in [-0.4, -0.2) is 15.1 Å². The van der Waals surface area contributed by atoms with Gasteiger partial charge in [-0.15, -0.1) is 0 Å². The first-order valence-corrected chi connectivity index (χ1v) is 6.25. The molecule has 0 saturated carbocycles. The fourth-order valence-corrected chi connectivity index (χ4v) is 2.36. The van der Waals surface area contributed by atoms with Gasteiger partial charge in [0.2, 0.25) is 0 Å². The molecular weight excluding hydrogens is 260 g/mol. The average Bonchev–Trinajstić information content (AvgIpc) is 2.46. The molecule has 0 bridgehead atoms. The molecular formula is C15H11ClN2O.